The first-order chi connectivity index (χ1) is 30.2. The number of aliphatic hydroxyl groups is 2. The smallest absolute Gasteiger partial charge is 0.220 e. The van der Waals surface area contributed by atoms with E-state index in [1.807, 2.05) is 0 Å². The maximum absolute atomic E-state index is 12.5. The minimum absolute atomic E-state index is 0.0221. The van der Waals surface area contributed by atoms with Gasteiger partial charge in [0, 0.05) is 6.42 Å². The predicted octanol–water partition coefficient (Wildman–Crippen LogP) is 18.8. The fraction of sp³-hybridized carbons (Fsp3) is 0.982. The molecule has 0 aromatic carbocycles. The second kappa shape index (κ2) is 53.7. The topological polar surface area (TPSA) is 69.6 Å². The van der Waals surface area contributed by atoms with Gasteiger partial charge >= 0.3 is 0 Å². The summed E-state index contributed by atoms with van der Waals surface area (Å²) in [6.45, 7) is 4.40. The minimum Gasteiger partial charge on any atom is -0.394 e. The number of nitrogens with one attached hydrogen (secondary N) is 1. The van der Waals surface area contributed by atoms with Gasteiger partial charge in [0.1, 0.15) is 0 Å². The summed E-state index contributed by atoms with van der Waals surface area (Å²) in [6, 6.07) is -0.531. The van der Waals surface area contributed by atoms with Crippen LogP contribution in [-0.4, -0.2) is 34.9 Å². The van der Waals surface area contributed by atoms with Crippen LogP contribution in [0, 0.1) is 0 Å². The van der Waals surface area contributed by atoms with E-state index in [0.717, 1.165) is 25.7 Å². The number of carbonyl (C=O) groups excluding carboxylic acids is 1. The predicted molar refractivity (Wildman–Crippen MR) is 272 cm³/mol. The monoisotopic (exact) mass is 862 g/mol. The lowest BCUT2D eigenvalue weighted by molar-refractivity contribution is -0.123. The molecule has 3 N–H and O–H groups in total. The van der Waals surface area contributed by atoms with Crippen molar-refractivity contribution in [2.45, 2.75) is 353 Å². The molecular formula is C57H115NO3. The van der Waals surface area contributed by atoms with Gasteiger partial charge in [-0.15, -0.1) is 0 Å². The van der Waals surface area contributed by atoms with E-state index in [9.17, 15) is 15.0 Å². The van der Waals surface area contributed by atoms with Crippen molar-refractivity contribution in [3.05, 3.63) is 0 Å². The Hall–Kier alpha value is -0.610. The third-order valence-electron chi connectivity index (χ3n) is 13.9. The molecule has 0 unspecified atom stereocenters. The summed E-state index contributed by atoms with van der Waals surface area (Å²) in [5.41, 5.74) is 0. The highest BCUT2D eigenvalue weighted by atomic mass is 16.3. The van der Waals surface area contributed by atoms with Crippen molar-refractivity contribution < 1.29 is 15.0 Å². The summed E-state index contributed by atoms with van der Waals surface area (Å²) in [5, 5.41) is 23.3. The van der Waals surface area contributed by atoms with Gasteiger partial charge in [0.15, 0.2) is 0 Å². The van der Waals surface area contributed by atoms with Crippen LogP contribution in [0.4, 0.5) is 0 Å². The van der Waals surface area contributed by atoms with E-state index in [0.29, 0.717) is 12.8 Å². The Morgan fingerprint density at radius 1 is 0.328 bits per heavy atom. The number of hydrogen-bond acceptors (Lipinski definition) is 3. The molecule has 0 radical (unpaired) electrons. The first kappa shape index (κ1) is 60.4. The Bertz CT molecular complexity index is 803. The van der Waals surface area contributed by atoms with Crippen molar-refractivity contribution in [2.75, 3.05) is 6.61 Å². The SMILES string of the molecule is CCCCCCCCCCCCCCCCCCCCCCCCCCCCCCCCCCC(=O)N[C@@H](CO)[C@H](O)CCCCCCCCCCCCCCCCCCC. The Labute approximate surface area is 384 Å². The molecule has 61 heavy (non-hydrogen) atoms. The second-order valence-electron chi connectivity index (χ2n) is 20.1. The van der Waals surface area contributed by atoms with E-state index in [1.54, 1.807) is 0 Å². The molecule has 0 bridgehead atoms. The quantitative estimate of drug-likeness (QED) is 0.0534. The van der Waals surface area contributed by atoms with Crippen molar-refractivity contribution in [2.24, 2.45) is 0 Å². The third kappa shape index (κ3) is 50.3. The Kier molecular flexibility index (Phi) is 53.2. The fourth-order valence-corrected chi connectivity index (χ4v) is 9.48. The maximum Gasteiger partial charge on any atom is 0.220 e. The molecule has 0 saturated heterocycles. The van der Waals surface area contributed by atoms with Crippen LogP contribution in [0.1, 0.15) is 341 Å². The van der Waals surface area contributed by atoms with Gasteiger partial charge < -0.3 is 15.5 Å². The van der Waals surface area contributed by atoms with Gasteiger partial charge in [0.05, 0.1) is 18.8 Å². The molecule has 2 atom stereocenters. The molecule has 0 heterocycles. The lowest BCUT2D eigenvalue weighted by atomic mass is 10.0. The van der Waals surface area contributed by atoms with Crippen molar-refractivity contribution in [3.63, 3.8) is 0 Å². The zero-order valence-corrected chi connectivity index (χ0v) is 42.2. The molecule has 0 aliphatic carbocycles. The summed E-state index contributed by atoms with van der Waals surface area (Å²) in [4.78, 5) is 12.5. The van der Waals surface area contributed by atoms with E-state index < -0.39 is 12.1 Å². The largest absolute Gasteiger partial charge is 0.394 e. The van der Waals surface area contributed by atoms with Crippen LogP contribution in [0.2, 0.25) is 0 Å². The highest BCUT2D eigenvalue weighted by molar-refractivity contribution is 5.76. The van der Waals surface area contributed by atoms with Crippen LogP contribution in [-0.2, 0) is 4.79 Å². The second-order valence-corrected chi connectivity index (χ2v) is 20.1. The molecule has 1 amide bonds. The van der Waals surface area contributed by atoms with Crippen molar-refractivity contribution in [1.29, 1.82) is 0 Å². The highest BCUT2D eigenvalue weighted by Gasteiger charge is 2.20. The zero-order valence-electron chi connectivity index (χ0n) is 42.2. The standard InChI is InChI=1S/C57H115NO3/c1-3-5-7-9-11-13-15-17-19-21-22-23-24-25-26-27-28-29-30-31-32-33-34-35-37-39-41-43-45-47-49-51-53-57(61)58-55(54-59)56(60)52-50-48-46-44-42-40-38-36-20-18-16-14-12-10-8-6-4-2/h55-56,59-60H,3-54H2,1-2H3,(H,58,61)/t55-,56+/m0/s1. The number of carbonyl (C=O) groups is 1. The maximum atomic E-state index is 12.5. The van der Waals surface area contributed by atoms with Crippen LogP contribution in [0.3, 0.4) is 0 Å². The van der Waals surface area contributed by atoms with E-state index in [2.05, 4.69) is 19.2 Å². The average Bonchev–Trinajstić information content (AvgIpc) is 3.26. The van der Waals surface area contributed by atoms with Gasteiger partial charge in [0.2, 0.25) is 5.91 Å². The number of unbranched alkanes of at least 4 members (excludes halogenated alkanes) is 47. The van der Waals surface area contributed by atoms with Gasteiger partial charge in [-0.05, 0) is 12.8 Å². The zero-order chi connectivity index (χ0) is 44.2. The molecule has 366 valence electrons. The van der Waals surface area contributed by atoms with Crippen LogP contribution in [0.25, 0.3) is 0 Å². The molecular weight excluding hydrogens is 747 g/mol. The van der Waals surface area contributed by atoms with Crippen LogP contribution in [0.5, 0.6) is 0 Å². The van der Waals surface area contributed by atoms with Crippen molar-refractivity contribution in [1.82, 2.24) is 5.32 Å². The molecule has 0 fully saturated rings. The Morgan fingerprint density at radius 2 is 0.525 bits per heavy atom. The summed E-state index contributed by atoms with van der Waals surface area (Å²) in [6.07, 6.45) is 68.2. The van der Waals surface area contributed by atoms with Crippen LogP contribution in [0.15, 0.2) is 0 Å². The molecule has 0 spiro atoms. The van der Waals surface area contributed by atoms with Gasteiger partial charge in [-0.3, -0.25) is 4.79 Å². The first-order valence-corrected chi connectivity index (χ1v) is 28.7. The molecule has 0 aromatic rings. The van der Waals surface area contributed by atoms with Gasteiger partial charge in [0.25, 0.3) is 0 Å². The van der Waals surface area contributed by atoms with Gasteiger partial charge in [-0.2, -0.15) is 0 Å². The Balaban J connectivity index is 3.36. The lowest BCUT2D eigenvalue weighted by Crippen LogP contribution is -2.45. The van der Waals surface area contributed by atoms with Crippen molar-refractivity contribution in [3.8, 4) is 0 Å². The molecule has 0 saturated carbocycles. The van der Waals surface area contributed by atoms with Crippen molar-refractivity contribution >= 4 is 5.91 Å². The fourth-order valence-electron chi connectivity index (χ4n) is 9.48. The number of aliphatic hydroxyl groups excluding tert-OH is 2. The number of hydrogen-bond donors (Lipinski definition) is 3. The molecule has 4 heteroatoms. The minimum atomic E-state index is -0.654. The van der Waals surface area contributed by atoms with E-state index in [4.69, 9.17) is 0 Å². The average molecular weight is 863 g/mol. The summed E-state index contributed by atoms with van der Waals surface area (Å²) >= 11 is 0. The van der Waals surface area contributed by atoms with E-state index in [1.165, 1.54) is 289 Å². The van der Waals surface area contributed by atoms with Crippen LogP contribution < -0.4 is 5.32 Å². The number of amides is 1. The Morgan fingerprint density at radius 3 is 0.738 bits per heavy atom. The lowest BCUT2D eigenvalue weighted by Gasteiger charge is -2.22. The summed E-state index contributed by atoms with van der Waals surface area (Å²) in [7, 11) is 0. The molecule has 0 aliphatic heterocycles. The molecule has 0 aliphatic rings. The van der Waals surface area contributed by atoms with E-state index in [-0.39, 0.29) is 12.5 Å². The molecule has 4 nitrogen and oxygen atoms in total. The van der Waals surface area contributed by atoms with Gasteiger partial charge in [-0.1, -0.05) is 322 Å². The molecule has 0 rings (SSSR count). The summed E-state index contributed by atoms with van der Waals surface area (Å²) in [5.74, 6) is -0.0221. The molecule has 0 aromatic heterocycles. The summed E-state index contributed by atoms with van der Waals surface area (Å²) < 4.78 is 0. The number of rotatable bonds is 54. The van der Waals surface area contributed by atoms with Crippen LogP contribution >= 0.6 is 0 Å². The normalized spacial score (nSPS) is 12.7. The highest BCUT2D eigenvalue weighted by Crippen LogP contribution is 2.19. The van der Waals surface area contributed by atoms with E-state index >= 15 is 0 Å². The first-order valence-electron chi connectivity index (χ1n) is 28.7. The third-order valence-corrected chi connectivity index (χ3v) is 13.9. The van der Waals surface area contributed by atoms with Gasteiger partial charge in [-0.25, -0.2) is 0 Å².